The standard InChI is InChI=1S/C23H19N/c1-15-12-17-7-3-5-9-20(17)23-21(15)14-24-13-18-11-10-16-6-2-4-8-19(16)22(18)23/h2-12,24H,13-14H2,1H3. The Kier molecular flexibility index (Phi) is 2.97. The summed E-state index contributed by atoms with van der Waals surface area (Å²) in [5.41, 5.74) is 7.03. The van der Waals surface area contributed by atoms with E-state index in [2.05, 4.69) is 79.0 Å². The first-order chi connectivity index (χ1) is 11.8. The van der Waals surface area contributed by atoms with Gasteiger partial charge in [-0.15, -0.1) is 0 Å². The third-order valence-corrected chi connectivity index (χ3v) is 5.26. The van der Waals surface area contributed by atoms with E-state index < -0.39 is 0 Å². The van der Waals surface area contributed by atoms with E-state index in [0.717, 1.165) is 13.1 Å². The molecule has 116 valence electrons. The fourth-order valence-corrected chi connectivity index (χ4v) is 4.13. The molecular formula is C23H19N. The van der Waals surface area contributed by atoms with Gasteiger partial charge in [0.15, 0.2) is 0 Å². The van der Waals surface area contributed by atoms with E-state index in [1.54, 1.807) is 0 Å². The van der Waals surface area contributed by atoms with Crippen molar-refractivity contribution in [3.63, 3.8) is 0 Å². The van der Waals surface area contributed by atoms with Crippen LogP contribution in [-0.4, -0.2) is 0 Å². The van der Waals surface area contributed by atoms with E-state index in [-0.39, 0.29) is 0 Å². The van der Waals surface area contributed by atoms with Crippen molar-refractivity contribution in [3.8, 4) is 11.1 Å². The van der Waals surface area contributed by atoms with Crippen LogP contribution in [0.25, 0.3) is 32.7 Å². The summed E-state index contributed by atoms with van der Waals surface area (Å²) in [5, 5.41) is 8.99. The molecule has 0 spiro atoms. The summed E-state index contributed by atoms with van der Waals surface area (Å²) in [5.74, 6) is 0. The van der Waals surface area contributed by atoms with Gasteiger partial charge in [-0.3, -0.25) is 0 Å². The average Bonchev–Trinajstić information content (AvgIpc) is 2.82. The lowest BCUT2D eigenvalue weighted by atomic mass is 9.86. The molecule has 0 saturated heterocycles. The summed E-state index contributed by atoms with van der Waals surface area (Å²) in [6, 6.07) is 24.4. The molecule has 0 amide bonds. The van der Waals surface area contributed by atoms with Crippen molar-refractivity contribution in [3.05, 3.63) is 83.4 Å². The number of aryl methyl sites for hydroxylation is 1. The Labute approximate surface area is 141 Å². The number of hydrogen-bond donors (Lipinski definition) is 1. The maximum absolute atomic E-state index is 3.63. The van der Waals surface area contributed by atoms with Crippen LogP contribution in [0.2, 0.25) is 0 Å². The van der Waals surface area contributed by atoms with Crippen molar-refractivity contribution in [1.82, 2.24) is 5.32 Å². The Morgan fingerprint density at radius 1 is 0.708 bits per heavy atom. The monoisotopic (exact) mass is 309 g/mol. The van der Waals surface area contributed by atoms with E-state index in [1.165, 1.54) is 49.4 Å². The zero-order valence-electron chi connectivity index (χ0n) is 13.8. The van der Waals surface area contributed by atoms with Crippen molar-refractivity contribution in [2.75, 3.05) is 0 Å². The molecule has 0 atom stereocenters. The number of nitrogens with one attached hydrogen (secondary N) is 1. The number of rotatable bonds is 0. The fraction of sp³-hybridized carbons (Fsp3) is 0.130. The largest absolute Gasteiger partial charge is 0.309 e. The van der Waals surface area contributed by atoms with Crippen molar-refractivity contribution in [2.24, 2.45) is 0 Å². The van der Waals surface area contributed by atoms with Crippen LogP contribution in [0.3, 0.4) is 0 Å². The van der Waals surface area contributed by atoms with Gasteiger partial charge in [-0.1, -0.05) is 66.7 Å². The first-order valence-corrected chi connectivity index (χ1v) is 8.56. The Morgan fingerprint density at radius 2 is 1.42 bits per heavy atom. The fourth-order valence-electron chi connectivity index (χ4n) is 4.13. The van der Waals surface area contributed by atoms with Crippen LogP contribution < -0.4 is 5.32 Å². The van der Waals surface area contributed by atoms with E-state index in [9.17, 15) is 0 Å². The van der Waals surface area contributed by atoms with Crippen molar-refractivity contribution >= 4 is 21.5 Å². The second-order valence-electron chi connectivity index (χ2n) is 6.69. The number of hydrogen-bond acceptors (Lipinski definition) is 1. The topological polar surface area (TPSA) is 12.0 Å². The highest BCUT2D eigenvalue weighted by atomic mass is 14.9. The van der Waals surface area contributed by atoms with Gasteiger partial charge in [0.25, 0.3) is 0 Å². The van der Waals surface area contributed by atoms with Crippen LogP contribution >= 0.6 is 0 Å². The molecule has 0 saturated carbocycles. The summed E-state index contributed by atoms with van der Waals surface area (Å²) in [4.78, 5) is 0. The van der Waals surface area contributed by atoms with E-state index in [1.807, 2.05) is 0 Å². The highest BCUT2D eigenvalue weighted by molar-refractivity contribution is 6.08. The third-order valence-electron chi connectivity index (χ3n) is 5.26. The maximum atomic E-state index is 3.63. The molecule has 1 heteroatoms. The molecule has 24 heavy (non-hydrogen) atoms. The highest BCUT2D eigenvalue weighted by Gasteiger charge is 2.20. The quantitative estimate of drug-likeness (QED) is 0.447. The van der Waals surface area contributed by atoms with Crippen LogP contribution in [0.1, 0.15) is 16.7 Å². The van der Waals surface area contributed by atoms with Gasteiger partial charge in [0.2, 0.25) is 0 Å². The minimum absolute atomic E-state index is 0.919. The predicted molar refractivity (Wildman–Crippen MR) is 102 cm³/mol. The molecule has 0 aliphatic carbocycles. The SMILES string of the molecule is Cc1cc2ccccc2c2c1CNCc1ccc3ccccc3c1-2. The summed E-state index contributed by atoms with van der Waals surface area (Å²) < 4.78 is 0. The second kappa shape index (κ2) is 5.19. The first-order valence-electron chi connectivity index (χ1n) is 8.56. The molecule has 0 unspecified atom stereocenters. The van der Waals surface area contributed by atoms with Crippen molar-refractivity contribution in [1.29, 1.82) is 0 Å². The zero-order valence-corrected chi connectivity index (χ0v) is 13.8. The normalized spacial score (nSPS) is 13.5. The molecular weight excluding hydrogens is 290 g/mol. The lowest BCUT2D eigenvalue weighted by Gasteiger charge is -2.17. The predicted octanol–water partition coefficient (Wildman–Crippen LogP) is 5.57. The van der Waals surface area contributed by atoms with Gasteiger partial charge in [-0.25, -0.2) is 0 Å². The third kappa shape index (κ3) is 1.92. The summed E-state index contributed by atoms with van der Waals surface area (Å²) >= 11 is 0. The second-order valence-corrected chi connectivity index (χ2v) is 6.69. The van der Waals surface area contributed by atoms with Gasteiger partial charge in [-0.2, -0.15) is 0 Å². The van der Waals surface area contributed by atoms with E-state index >= 15 is 0 Å². The van der Waals surface area contributed by atoms with Gasteiger partial charge in [-0.05, 0) is 56.3 Å². The van der Waals surface area contributed by atoms with Crippen LogP contribution in [0.5, 0.6) is 0 Å². The molecule has 0 fully saturated rings. The molecule has 1 N–H and O–H groups in total. The Morgan fingerprint density at radius 3 is 2.25 bits per heavy atom. The van der Waals surface area contributed by atoms with Gasteiger partial charge in [0, 0.05) is 13.1 Å². The minimum Gasteiger partial charge on any atom is -0.309 e. The molecule has 1 heterocycles. The smallest absolute Gasteiger partial charge is 0.0217 e. The van der Waals surface area contributed by atoms with E-state index in [4.69, 9.17) is 0 Å². The van der Waals surface area contributed by atoms with Crippen molar-refractivity contribution in [2.45, 2.75) is 20.0 Å². The van der Waals surface area contributed by atoms with E-state index in [0.29, 0.717) is 0 Å². The Bertz CT molecular complexity index is 1090. The van der Waals surface area contributed by atoms with Crippen LogP contribution in [0.4, 0.5) is 0 Å². The van der Waals surface area contributed by atoms with Gasteiger partial charge >= 0.3 is 0 Å². The Hall–Kier alpha value is -2.64. The lowest BCUT2D eigenvalue weighted by molar-refractivity contribution is 0.701. The summed E-state index contributed by atoms with van der Waals surface area (Å²) in [6.07, 6.45) is 0. The molecule has 5 rings (SSSR count). The minimum atomic E-state index is 0.919. The van der Waals surface area contributed by atoms with Crippen LogP contribution in [0.15, 0.2) is 66.7 Å². The number of benzene rings is 4. The molecule has 4 aromatic rings. The summed E-state index contributed by atoms with van der Waals surface area (Å²) in [6.45, 7) is 4.08. The highest BCUT2D eigenvalue weighted by Crippen LogP contribution is 2.41. The molecule has 1 nitrogen and oxygen atoms in total. The van der Waals surface area contributed by atoms with Crippen molar-refractivity contribution < 1.29 is 0 Å². The molecule has 0 bridgehead atoms. The van der Waals surface area contributed by atoms with Crippen LogP contribution in [0, 0.1) is 6.92 Å². The van der Waals surface area contributed by atoms with Crippen LogP contribution in [-0.2, 0) is 13.1 Å². The first kappa shape index (κ1) is 13.8. The van der Waals surface area contributed by atoms with Gasteiger partial charge < -0.3 is 5.32 Å². The number of fused-ring (bicyclic) bond motifs is 7. The molecule has 1 aliphatic heterocycles. The summed E-state index contributed by atoms with van der Waals surface area (Å²) in [7, 11) is 0. The molecule has 1 aliphatic rings. The molecule has 0 radical (unpaired) electrons. The molecule has 0 aromatic heterocycles. The maximum Gasteiger partial charge on any atom is 0.0217 e. The lowest BCUT2D eigenvalue weighted by Crippen LogP contribution is -2.11. The zero-order chi connectivity index (χ0) is 16.1. The molecule has 4 aromatic carbocycles. The Balaban J connectivity index is 2.03. The average molecular weight is 309 g/mol. The van der Waals surface area contributed by atoms with Gasteiger partial charge in [0.1, 0.15) is 0 Å². The van der Waals surface area contributed by atoms with Gasteiger partial charge in [0.05, 0.1) is 0 Å².